The Kier molecular flexibility index (Phi) is 5.12. The van der Waals surface area contributed by atoms with Gasteiger partial charge in [0, 0.05) is 28.9 Å². The van der Waals surface area contributed by atoms with Crippen LogP contribution in [0.25, 0.3) is 11.3 Å². The minimum atomic E-state index is -0.107. The molecule has 1 amide bonds. The van der Waals surface area contributed by atoms with Crippen molar-refractivity contribution in [2.24, 2.45) is 0 Å². The highest BCUT2D eigenvalue weighted by molar-refractivity contribution is 6.31. The fourth-order valence-corrected chi connectivity index (χ4v) is 3.37. The smallest absolute Gasteiger partial charge is 0.228 e. The summed E-state index contributed by atoms with van der Waals surface area (Å²) in [5.74, 6) is 1.26. The Labute approximate surface area is 167 Å². The van der Waals surface area contributed by atoms with Crippen LogP contribution in [0, 0.1) is 0 Å². The Morgan fingerprint density at radius 1 is 1.25 bits per heavy atom. The van der Waals surface area contributed by atoms with E-state index in [4.69, 9.17) is 16.3 Å². The Balaban J connectivity index is 1.55. The van der Waals surface area contributed by atoms with Gasteiger partial charge in [0.15, 0.2) is 0 Å². The van der Waals surface area contributed by atoms with Crippen LogP contribution in [0.3, 0.4) is 0 Å². The van der Waals surface area contributed by atoms with Crippen molar-refractivity contribution in [3.05, 3.63) is 64.8 Å². The number of amides is 1. The molecule has 0 unspecified atom stereocenters. The van der Waals surface area contributed by atoms with Gasteiger partial charge in [-0.25, -0.2) is 9.97 Å². The molecule has 4 rings (SSSR count). The van der Waals surface area contributed by atoms with Crippen LogP contribution in [0.1, 0.15) is 11.1 Å². The molecule has 2 N–H and O–H groups in total. The third kappa shape index (κ3) is 3.92. The van der Waals surface area contributed by atoms with E-state index in [1.54, 1.807) is 25.4 Å². The van der Waals surface area contributed by atoms with E-state index in [0.29, 0.717) is 23.2 Å². The van der Waals surface area contributed by atoms with Gasteiger partial charge in [0.1, 0.15) is 5.75 Å². The minimum Gasteiger partial charge on any atom is -0.497 e. The molecule has 0 saturated carbocycles. The van der Waals surface area contributed by atoms with E-state index in [1.807, 2.05) is 24.3 Å². The van der Waals surface area contributed by atoms with Gasteiger partial charge >= 0.3 is 0 Å². The van der Waals surface area contributed by atoms with Crippen LogP contribution in [-0.4, -0.2) is 29.5 Å². The molecular formula is C21H19ClN4O2. The zero-order valence-electron chi connectivity index (χ0n) is 15.3. The summed E-state index contributed by atoms with van der Waals surface area (Å²) >= 11 is 6.08. The summed E-state index contributed by atoms with van der Waals surface area (Å²) in [7, 11) is 1.66. The van der Waals surface area contributed by atoms with Gasteiger partial charge in [-0.1, -0.05) is 23.7 Å². The van der Waals surface area contributed by atoms with E-state index in [2.05, 4.69) is 26.7 Å². The lowest BCUT2D eigenvalue weighted by atomic mass is 10.1. The highest BCUT2D eigenvalue weighted by Crippen LogP contribution is 2.34. The fourth-order valence-electron chi connectivity index (χ4n) is 3.19. The molecule has 3 aromatic rings. The zero-order valence-corrected chi connectivity index (χ0v) is 16.1. The Morgan fingerprint density at radius 3 is 3.00 bits per heavy atom. The largest absolute Gasteiger partial charge is 0.497 e. The standard InChI is InChI=1S/C21H19ClN4O2/c1-28-16-4-2-3-13(9-16)7-8-23-21-24-12-14-10-19(27)25-18-11-15(22)5-6-17(18)20(14)26-21/h2-6,9,11-12H,7-8,10H2,1H3,(H,25,27)(H,23,24,26). The molecule has 2 aromatic carbocycles. The van der Waals surface area contributed by atoms with E-state index in [-0.39, 0.29) is 12.3 Å². The van der Waals surface area contributed by atoms with Gasteiger partial charge in [-0.3, -0.25) is 4.79 Å². The lowest BCUT2D eigenvalue weighted by molar-refractivity contribution is -0.115. The van der Waals surface area contributed by atoms with Gasteiger partial charge in [0.2, 0.25) is 11.9 Å². The number of aromatic nitrogens is 2. The van der Waals surface area contributed by atoms with Crippen LogP contribution in [0.2, 0.25) is 5.02 Å². The van der Waals surface area contributed by atoms with E-state index < -0.39 is 0 Å². The summed E-state index contributed by atoms with van der Waals surface area (Å²) in [6, 6.07) is 13.4. The van der Waals surface area contributed by atoms with Gasteiger partial charge in [-0.2, -0.15) is 0 Å². The number of methoxy groups -OCH3 is 1. The number of hydrogen-bond donors (Lipinski definition) is 2. The van der Waals surface area contributed by atoms with E-state index in [1.165, 1.54) is 0 Å². The number of nitrogens with one attached hydrogen (secondary N) is 2. The average Bonchev–Trinajstić information content (AvgIpc) is 2.82. The maximum Gasteiger partial charge on any atom is 0.228 e. The number of rotatable bonds is 5. The number of fused-ring (bicyclic) bond motifs is 3. The van der Waals surface area contributed by atoms with Crippen molar-refractivity contribution >= 4 is 29.1 Å². The molecule has 1 aliphatic heterocycles. The first kappa shape index (κ1) is 18.3. The topological polar surface area (TPSA) is 76.1 Å². The van der Waals surface area contributed by atoms with Crippen molar-refractivity contribution in [1.82, 2.24) is 9.97 Å². The first-order valence-electron chi connectivity index (χ1n) is 8.95. The lowest BCUT2D eigenvalue weighted by Gasteiger charge is -2.11. The third-order valence-corrected chi connectivity index (χ3v) is 4.79. The van der Waals surface area contributed by atoms with Gasteiger partial charge in [-0.15, -0.1) is 0 Å². The van der Waals surface area contributed by atoms with E-state index >= 15 is 0 Å². The number of ether oxygens (including phenoxy) is 1. The number of carbonyl (C=O) groups excluding carboxylic acids is 1. The molecule has 6 nitrogen and oxygen atoms in total. The maximum atomic E-state index is 12.2. The summed E-state index contributed by atoms with van der Waals surface area (Å²) in [4.78, 5) is 21.2. The maximum absolute atomic E-state index is 12.2. The average molecular weight is 395 g/mol. The van der Waals surface area contributed by atoms with Crippen LogP contribution in [0.15, 0.2) is 48.7 Å². The molecule has 28 heavy (non-hydrogen) atoms. The molecule has 142 valence electrons. The monoisotopic (exact) mass is 394 g/mol. The number of anilines is 2. The van der Waals surface area contributed by atoms with Gasteiger partial charge in [-0.05, 0) is 42.3 Å². The summed E-state index contributed by atoms with van der Waals surface area (Å²) in [6.45, 7) is 0.677. The number of halogens is 1. The molecule has 0 radical (unpaired) electrons. The van der Waals surface area contributed by atoms with Crippen LogP contribution in [0.5, 0.6) is 5.75 Å². The second kappa shape index (κ2) is 7.86. The molecule has 0 bridgehead atoms. The first-order chi connectivity index (χ1) is 13.6. The predicted molar refractivity (Wildman–Crippen MR) is 110 cm³/mol. The lowest BCUT2D eigenvalue weighted by Crippen LogP contribution is -2.13. The number of nitrogens with zero attached hydrogens (tertiary/aromatic N) is 2. The molecule has 0 saturated heterocycles. The fraction of sp³-hybridized carbons (Fsp3) is 0.190. The molecule has 7 heteroatoms. The van der Waals surface area contributed by atoms with Crippen molar-refractivity contribution in [2.75, 3.05) is 24.3 Å². The van der Waals surface area contributed by atoms with Crippen LogP contribution < -0.4 is 15.4 Å². The number of carbonyl (C=O) groups is 1. The van der Waals surface area contributed by atoms with Gasteiger partial charge in [0.25, 0.3) is 0 Å². The highest BCUT2D eigenvalue weighted by atomic mass is 35.5. The van der Waals surface area contributed by atoms with Crippen LogP contribution >= 0.6 is 11.6 Å². The quantitative estimate of drug-likeness (QED) is 0.685. The first-order valence-corrected chi connectivity index (χ1v) is 9.32. The second-order valence-electron chi connectivity index (χ2n) is 6.51. The molecule has 1 aliphatic rings. The molecule has 0 spiro atoms. The predicted octanol–water partition coefficient (Wildman–Crippen LogP) is 3.95. The van der Waals surface area contributed by atoms with Crippen molar-refractivity contribution in [2.45, 2.75) is 12.8 Å². The van der Waals surface area contributed by atoms with Crippen LogP contribution in [0.4, 0.5) is 11.6 Å². The minimum absolute atomic E-state index is 0.107. The van der Waals surface area contributed by atoms with Crippen molar-refractivity contribution < 1.29 is 9.53 Å². The molecule has 0 aliphatic carbocycles. The van der Waals surface area contributed by atoms with Crippen molar-refractivity contribution in [1.29, 1.82) is 0 Å². The van der Waals surface area contributed by atoms with Gasteiger partial charge in [0.05, 0.1) is 24.9 Å². The normalized spacial score (nSPS) is 12.4. The van der Waals surface area contributed by atoms with E-state index in [0.717, 1.165) is 34.6 Å². The summed E-state index contributed by atoms with van der Waals surface area (Å²) in [6.07, 6.45) is 2.75. The number of benzene rings is 2. The summed E-state index contributed by atoms with van der Waals surface area (Å²) in [5.41, 5.74) is 4.19. The number of hydrogen-bond acceptors (Lipinski definition) is 5. The SMILES string of the molecule is COc1cccc(CCNc2ncc3c(n2)-c2ccc(Cl)cc2NC(=O)C3)c1. The molecular weight excluding hydrogens is 376 g/mol. The van der Waals surface area contributed by atoms with Crippen molar-refractivity contribution in [3.63, 3.8) is 0 Å². The Morgan fingerprint density at radius 2 is 2.14 bits per heavy atom. The molecule has 0 atom stereocenters. The van der Waals surface area contributed by atoms with Crippen molar-refractivity contribution in [3.8, 4) is 17.0 Å². The van der Waals surface area contributed by atoms with E-state index in [9.17, 15) is 4.79 Å². The third-order valence-electron chi connectivity index (χ3n) is 4.56. The Hall–Kier alpha value is -3.12. The highest BCUT2D eigenvalue weighted by Gasteiger charge is 2.21. The second-order valence-corrected chi connectivity index (χ2v) is 6.95. The zero-order chi connectivity index (χ0) is 19.5. The van der Waals surface area contributed by atoms with Crippen LogP contribution in [-0.2, 0) is 17.6 Å². The summed E-state index contributed by atoms with van der Waals surface area (Å²) < 4.78 is 5.26. The Bertz CT molecular complexity index is 1040. The summed E-state index contributed by atoms with van der Waals surface area (Å²) in [5, 5.41) is 6.70. The molecule has 2 heterocycles. The molecule has 0 fully saturated rings. The van der Waals surface area contributed by atoms with Gasteiger partial charge < -0.3 is 15.4 Å². The molecule has 1 aromatic heterocycles.